The standard InChI is InChI=1S/C21H31NO3/c1-3-4-5-6-7-8-9-10-19(23)18-15-20(24)25-21(18)16-11-13-17(22-2)14-12-16/h11-14,18,21-22H,3-10,15H2,1-2H3/t18-,21-/m1/s1. The first-order valence-corrected chi connectivity index (χ1v) is 9.65. The minimum absolute atomic E-state index is 0.169. The maximum Gasteiger partial charge on any atom is 0.307 e. The molecule has 0 unspecified atom stereocenters. The van der Waals surface area contributed by atoms with E-state index in [1.807, 2.05) is 31.3 Å². The van der Waals surface area contributed by atoms with Crippen LogP contribution in [-0.4, -0.2) is 18.8 Å². The molecule has 0 amide bonds. The van der Waals surface area contributed by atoms with Crippen LogP contribution in [0.25, 0.3) is 0 Å². The molecule has 1 fully saturated rings. The number of Topliss-reactive ketones (excluding diaryl/α,β-unsaturated/α-hetero) is 1. The van der Waals surface area contributed by atoms with E-state index in [2.05, 4.69) is 12.2 Å². The van der Waals surface area contributed by atoms with Gasteiger partial charge in [0.2, 0.25) is 0 Å². The van der Waals surface area contributed by atoms with E-state index in [0.717, 1.165) is 24.1 Å². The lowest BCUT2D eigenvalue weighted by Gasteiger charge is -2.17. The van der Waals surface area contributed by atoms with E-state index in [4.69, 9.17) is 4.74 Å². The van der Waals surface area contributed by atoms with E-state index >= 15 is 0 Å². The zero-order valence-corrected chi connectivity index (χ0v) is 15.6. The molecule has 4 heteroatoms. The van der Waals surface area contributed by atoms with Crippen LogP contribution in [-0.2, 0) is 14.3 Å². The molecular weight excluding hydrogens is 314 g/mol. The number of hydrogen-bond acceptors (Lipinski definition) is 4. The van der Waals surface area contributed by atoms with Crippen LogP contribution >= 0.6 is 0 Å². The number of benzene rings is 1. The maximum atomic E-state index is 12.6. The third-order valence-electron chi connectivity index (χ3n) is 4.98. The van der Waals surface area contributed by atoms with Crippen LogP contribution in [0.15, 0.2) is 24.3 Å². The first-order valence-electron chi connectivity index (χ1n) is 9.65. The third kappa shape index (κ3) is 5.87. The van der Waals surface area contributed by atoms with Gasteiger partial charge in [0.25, 0.3) is 0 Å². The van der Waals surface area contributed by atoms with E-state index in [0.29, 0.717) is 6.42 Å². The molecule has 1 aromatic rings. The van der Waals surface area contributed by atoms with Gasteiger partial charge in [-0.05, 0) is 24.1 Å². The number of carbonyl (C=O) groups is 2. The molecule has 0 aromatic heterocycles. The molecule has 1 heterocycles. The van der Waals surface area contributed by atoms with Crippen LogP contribution in [0.4, 0.5) is 5.69 Å². The fourth-order valence-electron chi connectivity index (χ4n) is 3.42. The van der Waals surface area contributed by atoms with E-state index in [-0.39, 0.29) is 24.1 Å². The Labute approximate surface area is 151 Å². The largest absolute Gasteiger partial charge is 0.457 e. The second kappa shape index (κ2) is 10.2. The summed E-state index contributed by atoms with van der Waals surface area (Å²) in [5, 5.41) is 3.07. The number of ether oxygens (including phenoxy) is 1. The first kappa shape index (κ1) is 19.5. The SMILES string of the molecule is CCCCCCCCCC(=O)[C@H]1CC(=O)O[C@@H]1c1ccc(NC)cc1. The Balaban J connectivity index is 1.83. The highest BCUT2D eigenvalue weighted by Crippen LogP contribution is 2.37. The topological polar surface area (TPSA) is 55.4 Å². The van der Waals surface area contributed by atoms with Crippen molar-refractivity contribution < 1.29 is 14.3 Å². The zero-order chi connectivity index (χ0) is 18.1. The summed E-state index contributed by atoms with van der Waals surface area (Å²) in [7, 11) is 1.86. The predicted octanol–water partition coefficient (Wildman–Crippen LogP) is 5.04. The molecule has 1 N–H and O–H groups in total. The van der Waals surface area contributed by atoms with Gasteiger partial charge in [-0.3, -0.25) is 9.59 Å². The van der Waals surface area contributed by atoms with Crippen molar-refractivity contribution in [2.75, 3.05) is 12.4 Å². The fourth-order valence-corrected chi connectivity index (χ4v) is 3.42. The number of hydrogen-bond donors (Lipinski definition) is 1. The Morgan fingerprint density at radius 3 is 2.36 bits per heavy atom. The number of nitrogens with one attached hydrogen (secondary N) is 1. The van der Waals surface area contributed by atoms with Crippen molar-refractivity contribution in [3.8, 4) is 0 Å². The molecule has 0 spiro atoms. The van der Waals surface area contributed by atoms with Crippen LogP contribution in [0.1, 0.15) is 76.4 Å². The monoisotopic (exact) mass is 345 g/mol. The minimum Gasteiger partial charge on any atom is -0.457 e. The molecule has 2 rings (SSSR count). The van der Waals surface area contributed by atoms with E-state index in [1.54, 1.807) is 0 Å². The summed E-state index contributed by atoms with van der Waals surface area (Å²) in [6.45, 7) is 2.21. The second-order valence-corrected chi connectivity index (χ2v) is 6.93. The number of carbonyl (C=O) groups excluding carboxylic acids is 2. The highest BCUT2D eigenvalue weighted by atomic mass is 16.6. The third-order valence-corrected chi connectivity index (χ3v) is 4.98. The number of anilines is 1. The van der Waals surface area contributed by atoms with Gasteiger partial charge in [0.15, 0.2) is 0 Å². The Bertz CT molecular complexity index is 553. The highest BCUT2D eigenvalue weighted by Gasteiger charge is 2.39. The molecular formula is C21H31NO3. The number of ketones is 1. The van der Waals surface area contributed by atoms with Gasteiger partial charge in [0, 0.05) is 19.2 Å². The summed E-state index contributed by atoms with van der Waals surface area (Å²) in [4.78, 5) is 24.3. The van der Waals surface area contributed by atoms with E-state index in [9.17, 15) is 9.59 Å². The van der Waals surface area contributed by atoms with Crippen molar-refractivity contribution in [1.29, 1.82) is 0 Å². The molecule has 25 heavy (non-hydrogen) atoms. The van der Waals surface area contributed by atoms with Crippen molar-refractivity contribution >= 4 is 17.4 Å². The van der Waals surface area contributed by atoms with Crippen LogP contribution in [0, 0.1) is 5.92 Å². The summed E-state index contributed by atoms with van der Waals surface area (Å²) >= 11 is 0. The van der Waals surface area contributed by atoms with Crippen molar-refractivity contribution in [3.05, 3.63) is 29.8 Å². The molecule has 1 aliphatic heterocycles. The maximum absolute atomic E-state index is 12.6. The minimum atomic E-state index is -0.421. The molecule has 0 radical (unpaired) electrons. The molecule has 0 bridgehead atoms. The number of cyclic esters (lactones) is 1. The molecule has 4 nitrogen and oxygen atoms in total. The van der Waals surface area contributed by atoms with Gasteiger partial charge in [0.1, 0.15) is 11.9 Å². The van der Waals surface area contributed by atoms with Gasteiger partial charge in [-0.2, -0.15) is 0 Å². The molecule has 138 valence electrons. The number of unbranched alkanes of at least 4 members (excludes halogenated alkanes) is 6. The second-order valence-electron chi connectivity index (χ2n) is 6.93. The summed E-state index contributed by atoms with van der Waals surface area (Å²) in [5.74, 6) is -0.421. The lowest BCUT2D eigenvalue weighted by molar-refractivity contribution is -0.141. The highest BCUT2D eigenvalue weighted by molar-refractivity contribution is 5.88. The van der Waals surface area contributed by atoms with E-state index in [1.165, 1.54) is 32.1 Å². The predicted molar refractivity (Wildman–Crippen MR) is 101 cm³/mol. The van der Waals surface area contributed by atoms with E-state index < -0.39 is 6.10 Å². The summed E-state index contributed by atoms with van der Waals surface area (Å²) in [5.41, 5.74) is 1.90. The van der Waals surface area contributed by atoms with Gasteiger partial charge < -0.3 is 10.1 Å². The van der Waals surface area contributed by atoms with Gasteiger partial charge in [-0.15, -0.1) is 0 Å². The lowest BCUT2D eigenvalue weighted by atomic mass is 9.89. The quantitative estimate of drug-likeness (QED) is 0.451. The zero-order valence-electron chi connectivity index (χ0n) is 15.6. The molecule has 1 saturated heterocycles. The van der Waals surface area contributed by atoms with Crippen molar-refractivity contribution in [3.63, 3.8) is 0 Å². The van der Waals surface area contributed by atoms with Gasteiger partial charge >= 0.3 is 5.97 Å². The van der Waals surface area contributed by atoms with Gasteiger partial charge in [-0.25, -0.2) is 0 Å². The van der Waals surface area contributed by atoms with Crippen LogP contribution in [0.3, 0.4) is 0 Å². The molecule has 1 aromatic carbocycles. The first-order chi connectivity index (χ1) is 12.2. The van der Waals surface area contributed by atoms with Gasteiger partial charge in [-0.1, -0.05) is 57.6 Å². The summed E-state index contributed by atoms with van der Waals surface area (Å²) in [6.07, 6.45) is 8.67. The Kier molecular flexibility index (Phi) is 7.96. The fraction of sp³-hybridized carbons (Fsp3) is 0.619. The number of esters is 1. The average molecular weight is 345 g/mol. The average Bonchev–Trinajstić information content (AvgIpc) is 3.03. The van der Waals surface area contributed by atoms with Crippen molar-refractivity contribution in [2.45, 2.75) is 70.8 Å². The summed E-state index contributed by atoms with van der Waals surface area (Å²) in [6, 6.07) is 7.75. The molecule has 2 atom stereocenters. The van der Waals surface area contributed by atoms with Gasteiger partial charge in [0.05, 0.1) is 12.3 Å². The van der Waals surface area contributed by atoms with Crippen LogP contribution in [0.5, 0.6) is 0 Å². The summed E-state index contributed by atoms with van der Waals surface area (Å²) < 4.78 is 5.45. The molecule has 1 aliphatic rings. The normalized spacial score (nSPS) is 19.7. The van der Waals surface area contributed by atoms with Crippen LogP contribution < -0.4 is 5.32 Å². The number of rotatable bonds is 11. The smallest absolute Gasteiger partial charge is 0.307 e. The Hall–Kier alpha value is -1.84. The molecule has 0 aliphatic carbocycles. The van der Waals surface area contributed by atoms with Crippen molar-refractivity contribution in [1.82, 2.24) is 0 Å². The molecule has 0 saturated carbocycles. The van der Waals surface area contributed by atoms with Crippen molar-refractivity contribution in [2.24, 2.45) is 5.92 Å². The Morgan fingerprint density at radius 1 is 1.08 bits per heavy atom. The van der Waals surface area contributed by atoms with Crippen LogP contribution in [0.2, 0.25) is 0 Å². The lowest BCUT2D eigenvalue weighted by Crippen LogP contribution is -2.18. The Morgan fingerprint density at radius 2 is 1.72 bits per heavy atom.